The number of fused-ring (bicyclic) bond motifs is 1. The fraction of sp³-hybridized carbons (Fsp3) is 0.320. The Kier molecular flexibility index (Phi) is 5.74. The largest absolute Gasteiger partial charge is 0.348 e. The molecular formula is C25H29N5O2. The molecule has 0 unspecified atom stereocenters. The number of hydrogen-bond donors (Lipinski definition) is 3. The van der Waals surface area contributed by atoms with Crippen LogP contribution in [0.5, 0.6) is 0 Å². The number of benzene rings is 1. The SMILES string of the molecule is Cc1cc(C)c(CNC(=O)c2cc(C3=CC=NNC3)cc3c2c(C)cn3C(C)C)c(=O)[nH]1. The van der Waals surface area contributed by atoms with Crippen LogP contribution in [-0.2, 0) is 6.54 Å². The number of amides is 1. The van der Waals surface area contributed by atoms with Gasteiger partial charge in [0.05, 0.1) is 6.54 Å². The molecule has 3 heterocycles. The lowest BCUT2D eigenvalue weighted by molar-refractivity contribution is 0.0952. The smallest absolute Gasteiger partial charge is 0.253 e. The molecule has 1 aromatic carbocycles. The number of rotatable bonds is 5. The zero-order valence-electron chi connectivity index (χ0n) is 19.2. The molecule has 32 heavy (non-hydrogen) atoms. The van der Waals surface area contributed by atoms with Crippen molar-refractivity contribution in [1.29, 1.82) is 0 Å². The van der Waals surface area contributed by atoms with Gasteiger partial charge >= 0.3 is 0 Å². The number of hydrazone groups is 1. The number of aromatic nitrogens is 2. The zero-order valence-corrected chi connectivity index (χ0v) is 19.2. The Morgan fingerprint density at radius 2 is 1.97 bits per heavy atom. The van der Waals surface area contributed by atoms with Gasteiger partial charge in [0.2, 0.25) is 0 Å². The highest BCUT2D eigenvalue weighted by atomic mass is 16.1. The van der Waals surface area contributed by atoms with Crippen molar-refractivity contribution in [3.8, 4) is 0 Å². The third-order valence-corrected chi connectivity index (χ3v) is 5.93. The lowest BCUT2D eigenvalue weighted by Crippen LogP contribution is -2.28. The van der Waals surface area contributed by atoms with Gasteiger partial charge in [-0.3, -0.25) is 9.59 Å². The Morgan fingerprint density at radius 3 is 2.62 bits per heavy atom. The van der Waals surface area contributed by atoms with Crippen LogP contribution < -0.4 is 16.3 Å². The molecule has 4 rings (SSSR count). The second-order valence-corrected chi connectivity index (χ2v) is 8.66. The van der Waals surface area contributed by atoms with Gasteiger partial charge in [0.15, 0.2) is 0 Å². The summed E-state index contributed by atoms with van der Waals surface area (Å²) in [6.07, 6.45) is 5.78. The predicted molar refractivity (Wildman–Crippen MR) is 129 cm³/mol. The van der Waals surface area contributed by atoms with E-state index < -0.39 is 0 Å². The third kappa shape index (κ3) is 3.98. The van der Waals surface area contributed by atoms with Crippen molar-refractivity contribution in [3.05, 3.63) is 74.3 Å². The number of hydrogen-bond acceptors (Lipinski definition) is 4. The first-order valence-electron chi connectivity index (χ1n) is 10.8. The average molecular weight is 432 g/mol. The summed E-state index contributed by atoms with van der Waals surface area (Å²) in [5, 5.41) is 7.95. The molecular weight excluding hydrogens is 402 g/mol. The van der Waals surface area contributed by atoms with Gasteiger partial charge in [-0.1, -0.05) is 0 Å². The molecule has 0 aliphatic carbocycles. The van der Waals surface area contributed by atoms with Crippen LogP contribution in [0.15, 0.2) is 40.4 Å². The van der Waals surface area contributed by atoms with Gasteiger partial charge in [0.25, 0.3) is 11.5 Å². The first-order chi connectivity index (χ1) is 15.3. The van der Waals surface area contributed by atoms with E-state index in [9.17, 15) is 9.59 Å². The van der Waals surface area contributed by atoms with Gasteiger partial charge in [0.1, 0.15) is 0 Å². The number of allylic oxidation sites excluding steroid dienone is 1. The van der Waals surface area contributed by atoms with Crippen molar-refractivity contribution >= 4 is 28.6 Å². The maximum absolute atomic E-state index is 13.4. The Hall–Kier alpha value is -3.61. The summed E-state index contributed by atoms with van der Waals surface area (Å²) in [5.41, 5.74) is 9.79. The van der Waals surface area contributed by atoms with Crippen LogP contribution in [0, 0.1) is 20.8 Å². The number of nitrogens with zero attached hydrogens (tertiary/aromatic N) is 2. The minimum absolute atomic E-state index is 0.165. The van der Waals surface area contributed by atoms with Crippen molar-refractivity contribution in [3.63, 3.8) is 0 Å². The highest BCUT2D eigenvalue weighted by Crippen LogP contribution is 2.31. The van der Waals surface area contributed by atoms with E-state index in [-0.39, 0.29) is 24.1 Å². The molecule has 3 N–H and O–H groups in total. The average Bonchev–Trinajstić information content (AvgIpc) is 3.09. The van der Waals surface area contributed by atoms with Crippen LogP contribution in [0.1, 0.15) is 58.2 Å². The number of pyridine rings is 1. The van der Waals surface area contributed by atoms with Crippen molar-refractivity contribution in [2.75, 3.05) is 6.54 Å². The van der Waals surface area contributed by atoms with E-state index in [1.807, 2.05) is 39.0 Å². The first kappa shape index (κ1) is 21.6. The summed E-state index contributed by atoms with van der Waals surface area (Å²) in [6.45, 7) is 10.8. The molecule has 0 saturated heterocycles. The number of aryl methyl sites for hydroxylation is 3. The topological polar surface area (TPSA) is 91.3 Å². The molecule has 0 atom stereocenters. The van der Waals surface area contributed by atoms with Crippen LogP contribution >= 0.6 is 0 Å². The molecule has 0 bridgehead atoms. The van der Waals surface area contributed by atoms with Gasteiger partial charge in [-0.25, -0.2) is 0 Å². The molecule has 0 fully saturated rings. The van der Waals surface area contributed by atoms with E-state index >= 15 is 0 Å². The summed E-state index contributed by atoms with van der Waals surface area (Å²) in [7, 11) is 0. The van der Waals surface area contributed by atoms with E-state index in [1.165, 1.54) is 0 Å². The molecule has 1 amide bonds. The van der Waals surface area contributed by atoms with E-state index in [4.69, 9.17) is 0 Å². The predicted octanol–water partition coefficient (Wildman–Crippen LogP) is 3.74. The normalized spacial score (nSPS) is 13.4. The van der Waals surface area contributed by atoms with Crippen LogP contribution in [0.4, 0.5) is 0 Å². The number of H-pyrrole nitrogens is 1. The number of nitrogens with one attached hydrogen (secondary N) is 3. The molecule has 1 aliphatic rings. The standard InChI is InChI=1S/C25H29N5O2/c1-14(2)30-13-16(4)23-20(9-19(10-22(23)30)18-6-7-27-28-11-18)24(31)26-12-21-15(3)8-17(5)29-25(21)32/h6-10,13-14,28H,11-12H2,1-5H3,(H,26,31)(H,29,32). The van der Waals surface area contributed by atoms with Gasteiger partial charge < -0.3 is 20.3 Å². The third-order valence-electron chi connectivity index (χ3n) is 5.93. The first-order valence-corrected chi connectivity index (χ1v) is 10.8. The second kappa shape index (κ2) is 8.49. The Bertz CT molecular complexity index is 1320. The quantitative estimate of drug-likeness (QED) is 0.575. The summed E-state index contributed by atoms with van der Waals surface area (Å²) >= 11 is 0. The molecule has 2 aromatic heterocycles. The summed E-state index contributed by atoms with van der Waals surface area (Å²) in [5.74, 6) is -0.195. The molecule has 0 radical (unpaired) electrons. The lowest BCUT2D eigenvalue weighted by Gasteiger charge is -2.16. The van der Waals surface area contributed by atoms with Crippen LogP contribution in [0.3, 0.4) is 0 Å². The molecule has 0 saturated carbocycles. The monoisotopic (exact) mass is 431 g/mol. The van der Waals surface area contributed by atoms with E-state index in [0.717, 1.165) is 38.9 Å². The van der Waals surface area contributed by atoms with Crippen LogP contribution in [0.2, 0.25) is 0 Å². The minimum Gasteiger partial charge on any atom is -0.348 e. The molecule has 3 aromatic rings. The number of aromatic amines is 1. The van der Waals surface area contributed by atoms with E-state index in [2.05, 4.69) is 51.5 Å². The Balaban J connectivity index is 1.78. The van der Waals surface area contributed by atoms with Gasteiger partial charge in [0, 0.05) is 52.7 Å². The lowest BCUT2D eigenvalue weighted by atomic mass is 9.97. The van der Waals surface area contributed by atoms with E-state index in [1.54, 1.807) is 6.21 Å². The fourth-order valence-electron chi connectivity index (χ4n) is 4.31. The van der Waals surface area contributed by atoms with Crippen molar-refractivity contribution in [2.45, 2.75) is 47.2 Å². The van der Waals surface area contributed by atoms with Gasteiger partial charge in [-0.2, -0.15) is 5.10 Å². The fourth-order valence-corrected chi connectivity index (χ4v) is 4.31. The van der Waals surface area contributed by atoms with Crippen LogP contribution in [-0.4, -0.2) is 28.2 Å². The molecule has 7 heteroatoms. The molecule has 7 nitrogen and oxygen atoms in total. The highest BCUT2D eigenvalue weighted by Gasteiger charge is 2.20. The summed E-state index contributed by atoms with van der Waals surface area (Å²) in [4.78, 5) is 28.6. The van der Waals surface area contributed by atoms with Crippen molar-refractivity contribution in [2.24, 2.45) is 5.10 Å². The Labute approximate surface area is 187 Å². The maximum atomic E-state index is 13.4. The highest BCUT2D eigenvalue weighted by molar-refractivity contribution is 6.09. The molecule has 1 aliphatic heterocycles. The van der Waals surface area contributed by atoms with Crippen LogP contribution in [0.25, 0.3) is 16.5 Å². The Morgan fingerprint density at radius 1 is 1.19 bits per heavy atom. The molecule has 0 spiro atoms. The maximum Gasteiger partial charge on any atom is 0.253 e. The van der Waals surface area contributed by atoms with Crippen molar-refractivity contribution in [1.82, 2.24) is 20.3 Å². The van der Waals surface area contributed by atoms with Crippen molar-refractivity contribution < 1.29 is 4.79 Å². The second-order valence-electron chi connectivity index (χ2n) is 8.66. The van der Waals surface area contributed by atoms with Gasteiger partial charge in [-0.15, -0.1) is 0 Å². The summed E-state index contributed by atoms with van der Waals surface area (Å²) < 4.78 is 2.20. The van der Waals surface area contributed by atoms with E-state index in [0.29, 0.717) is 17.7 Å². The van der Waals surface area contributed by atoms with Gasteiger partial charge in [-0.05, 0) is 81.2 Å². The number of carbonyl (C=O) groups excluding carboxylic acids is 1. The zero-order chi connectivity index (χ0) is 23.0. The summed E-state index contributed by atoms with van der Waals surface area (Å²) in [6, 6.07) is 6.25. The molecule has 166 valence electrons. The minimum atomic E-state index is -0.195. The number of carbonyl (C=O) groups is 1.